The van der Waals surface area contributed by atoms with Crippen LogP contribution in [0.4, 0.5) is 16.4 Å². The first kappa shape index (κ1) is 21.5. The van der Waals surface area contributed by atoms with Crippen LogP contribution in [0, 0.1) is 6.92 Å². The Bertz CT molecular complexity index is 1090. The van der Waals surface area contributed by atoms with Crippen molar-refractivity contribution in [1.82, 2.24) is 15.0 Å². The maximum Gasteiger partial charge on any atom is 0.328 e. The molecule has 0 saturated heterocycles. The van der Waals surface area contributed by atoms with Gasteiger partial charge in [-0.15, -0.1) is 0 Å². The van der Waals surface area contributed by atoms with Crippen LogP contribution in [0.15, 0.2) is 48.7 Å². The fraction of sp³-hybridized carbons (Fsp3) is 0.273. The first-order valence-electron chi connectivity index (χ1n) is 10.1. The molecule has 0 spiro atoms. The van der Waals surface area contributed by atoms with Crippen LogP contribution in [-0.2, 0) is 0 Å². The smallest absolute Gasteiger partial charge is 0.328 e. The zero-order chi connectivity index (χ0) is 22.5. The number of aliphatic hydroxyl groups excluding tert-OH is 2. The van der Waals surface area contributed by atoms with Crippen molar-refractivity contribution in [2.75, 3.05) is 36.6 Å². The standard InChI is InChI=1S/C22H23N5O5/c1-14-5-6-15(11-23-14)17-7-8-18-21(24-17)27(9-10-31-18)22(30)26-19-3-2-4-20(25-19)32-13-16(29)12-28/h2-8,11,16,28-29H,9-10,12-13H2,1H3,(H,25,26,30)/t16-/m1/s1. The fourth-order valence-corrected chi connectivity index (χ4v) is 3.05. The van der Waals surface area contributed by atoms with E-state index in [2.05, 4.69) is 20.3 Å². The molecule has 1 aliphatic rings. The Morgan fingerprint density at radius 2 is 2.12 bits per heavy atom. The van der Waals surface area contributed by atoms with E-state index in [1.807, 2.05) is 25.1 Å². The molecule has 0 aliphatic carbocycles. The number of aromatic nitrogens is 3. The van der Waals surface area contributed by atoms with Crippen molar-refractivity contribution >= 4 is 17.7 Å². The van der Waals surface area contributed by atoms with E-state index in [4.69, 9.17) is 14.6 Å². The summed E-state index contributed by atoms with van der Waals surface area (Å²) in [4.78, 5) is 27.6. The number of pyridine rings is 3. The number of hydrogen-bond donors (Lipinski definition) is 3. The van der Waals surface area contributed by atoms with Crippen molar-refractivity contribution in [2.24, 2.45) is 0 Å². The maximum absolute atomic E-state index is 13.0. The lowest BCUT2D eigenvalue weighted by Crippen LogP contribution is -2.41. The Balaban J connectivity index is 1.52. The van der Waals surface area contributed by atoms with Crippen molar-refractivity contribution in [3.63, 3.8) is 0 Å². The molecule has 10 nitrogen and oxygen atoms in total. The first-order chi connectivity index (χ1) is 15.5. The number of urea groups is 1. The third-order valence-electron chi connectivity index (χ3n) is 4.71. The van der Waals surface area contributed by atoms with Gasteiger partial charge in [-0.2, -0.15) is 4.98 Å². The highest BCUT2D eigenvalue weighted by atomic mass is 16.5. The van der Waals surface area contributed by atoms with Crippen LogP contribution < -0.4 is 19.7 Å². The van der Waals surface area contributed by atoms with Crippen LogP contribution in [0.25, 0.3) is 11.3 Å². The van der Waals surface area contributed by atoms with Crippen molar-refractivity contribution in [2.45, 2.75) is 13.0 Å². The average molecular weight is 437 g/mol. The number of carbonyl (C=O) groups excluding carboxylic acids is 1. The van der Waals surface area contributed by atoms with Gasteiger partial charge in [0.2, 0.25) is 5.88 Å². The summed E-state index contributed by atoms with van der Waals surface area (Å²) in [5.41, 5.74) is 2.41. The predicted molar refractivity (Wildman–Crippen MR) is 117 cm³/mol. The second kappa shape index (κ2) is 9.58. The van der Waals surface area contributed by atoms with E-state index in [0.29, 0.717) is 30.4 Å². The van der Waals surface area contributed by atoms with Gasteiger partial charge in [0.05, 0.1) is 18.8 Å². The van der Waals surface area contributed by atoms with E-state index in [-0.39, 0.29) is 18.3 Å². The molecular weight excluding hydrogens is 414 g/mol. The first-order valence-corrected chi connectivity index (χ1v) is 10.1. The Morgan fingerprint density at radius 1 is 1.25 bits per heavy atom. The lowest BCUT2D eigenvalue weighted by Gasteiger charge is -2.28. The van der Waals surface area contributed by atoms with Crippen LogP contribution in [0.2, 0.25) is 0 Å². The van der Waals surface area contributed by atoms with Crippen molar-refractivity contribution < 1.29 is 24.5 Å². The number of ether oxygens (including phenoxy) is 2. The van der Waals surface area contributed by atoms with Crippen LogP contribution in [-0.4, -0.2) is 63.7 Å². The summed E-state index contributed by atoms with van der Waals surface area (Å²) in [7, 11) is 0. The van der Waals surface area contributed by atoms with Crippen molar-refractivity contribution in [1.29, 1.82) is 0 Å². The van der Waals surface area contributed by atoms with E-state index in [0.717, 1.165) is 11.3 Å². The topological polar surface area (TPSA) is 130 Å². The summed E-state index contributed by atoms with van der Waals surface area (Å²) in [6.45, 7) is 2.04. The van der Waals surface area contributed by atoms with E-state index >= 15 is 0 Å². The zero-order valence-corrected chi connectivity index (χ0v) is 17.4. The predicted octanol–water partition coefficient (Wildman–Crippen LogP) is 2.01. The Labute approximate surface area is 184 Å². The zero-order valence-electron chi connectivity index (χ0n) is 17.4. The molecule has 0 saturated carbocycles. The van der Waals surface area contributed by atoms with Gasteiger partial charge in [0, 0.05) is 23.5 Å². The number of aryl methyl sites for hydroxylation is 1. The number of aliphatic hydroxyl groups is 2. The molecule has 4 heterocycles. The second-order valence-corrected chi connectivity index (χ2v) is 7.15. The molecule has 4 rings (SSSR count). The molecule has 1 atom stereocenters. The minimum Gasteiger partial charge on any atom is -0.488 e. The largest absolute Gasteiger partial charge is 0.488 e. The van der Waals surface area contributed by atoms with Crippen LogP contribution >= 0.6 is 0 Å². The Morgan fingerprint density at radius 3 is 2.91 bits per heavy atom. The normalized spacial score (nSPS) is 13.7. The van der Waals surface area contributed by atoms with Gasteiger partial charge in [0.1, 0.15) is 25.1 Å². The number of fused-ring (bicyclic) bond motifs is 1. The minimum atomic E-state index is -1.01. The van der Waals surface area contributed by atoms with Crippen LogP contribution in [0.5, 0.6) is 11.6 Å². The fourth-order valence-electron chi connectivity index (χ4n) is 3.05. The number of rotatable bonds is 6. The number of hydrogen-bond acceptors (Lipinski definition) is 8. The second-order valence-electron chi connectivity index (χ2n) is 7.15. The van der Waals surface area contributed by atoms with Crippen molar-refractivity contribution in [3.8, 4) is 22.9 Å². The minimum absolute atomic E-state index is 0.113. The molecule has 0 fully saturated rings. The number of amides is 2. The molecule has 3 aromatic heterocycles. The van der Waals surface area contributed by atoms with E-state index < -0.39 is 18.7 Å². The molecule has 3 N–H and O–H groups in total. The lowest BCUT2D eigenvalue weighted by molar-refractivity contribution is 0.0521. The quantitative estimate of drug-likeness (QED) is 0.534. The molecule has 0 unspecified atom stereocenters. The number of nitrogens with one attached hydrogen (secondary N) is 1. The number of carbonyl (C=O) groups is 1. The van der Waals surface area contributed by atoms with E-state index in [1.54, 1.807) is 30.5 Å². The van der Waals surface area contributed by atoms with Gasteiger partial charge in [-0.1, -0.05) is 6.07 Å². The van der Waals surface area contributed by atoms with Gasteiger partial charge < -0.3 is 19.7 Å². The van der Waals surface area contributed by atoms with E-state index in [9.17, 15) is 9.90 Å². The summed E-state index contributed by atoms with van der Waals surface area (Å²) in [6.07, 6.45) is 0.727. The summed E-state index contributed by atoms with van der Waals surface area (Å²) >= 11 is 0. The monoisotopic (exact) mass is 437 g/mol. The van der Waals surface area contributed by atoms with Gasteiger partial charge in [-0.05, 0) is 37.3 Å². The molecule has 0 aromatic carbocycles. The summed E-state index contributed by atoms with van der Waals surface area (Å²) in [6, 6.07) is 11.9. The highest BCUT2D eigenvalue weighted by Gasteiger charge is 2.26. The van der Waals surface area contributed by atoms with Gasteiger partial charge in [-0.3, -0.25) is 15.2 Å². The van der Waals surface area contributed by atoms with Gasteiger partial charge in [0.25, 0.3) is 0 Å². The Hall–Kier alpha value is -3.76. The van der Waals surface area contributed by atoms with Gasteiger partial charge in [0.15, 0.2) is 11.6 Å². The molecular formula is C22H23N5O5. The molecule has 0 radical (unpaired) electrons. The Kier molecular flexibility index (Phi) is 6.43. The summed E-state index contributed by atoms with van der Waals surface area (Å²) in [5.74, 6) is 1.41. The van der Waals surface area contributed by atoms with Crippen molar-refractivity contribution in [3.05, 3.63) is 54.4 Å². The highest BCUT2D eigenvalue weighted by Crippen LogP contribution is 2.32. The average Bonchev–Trinajstić information content (AvgIpc) is 2.82. The van der Waals surface area contributed by atoms with Gasteiger partial charge >= 0.3 is 6.03 Å². The molecule has 2 amide bonds. The molecule has 1 aliphatic heterocycles. The molecule has 0 bridgehead atoms. The summed E-state index contributed by atoms with van der Waals surface area (Å²) in [5, 5.41) is 21.0. The highest BCUT2D eigenvalue weighted by molar-refractivity contribution is 6.01. The molecule has 3 aromatic rings. The van der Waals surface area contributed by atoms with Crippen LogP contribution in [0.3, 0.4) is 0 Å². The summed E-state index contributed by atoms with van der Waals surface area (Å²) < 4.78 is 11.0. The SMILES string of the molecule is Cc1ccc(-c2ccc3c(n2)N(C(=O)Nc2cccc(OC[C@H](O)CO)n2)CCO3)cn1. The number of nitrogens with zero attached hydrogens (tertiary/aromatic N) is 4. The van der Waals surface area contributed by atoms with E-state index in [1.165, 1.54) is 4.90 Å². The number of anilines is 2. The lowest BCUT2D eigenvalue weighted by atomic mass is 10.1. The third kappa shape index (κ3) is 4.93. The third-order valence-corrected chi connectivity index (χ3v) is 4.71. The molecule has 10 heteroatoms. The van der Waals surface area contributed by atoms with Gasteiger partial charge in [-0.25, -0.2) is 9.78 Å². The maximum atomic E-state index is 13.0. The molecule has 32 heavy (non-hydrogen) atoms. The molecule has 166 valence electrons. The van der Waals surface area contributed by atoms with Crippen LogP contribution in [0.1, 0.15) is 5.69 Å².